The summed E-state index contributed by atoms with van der Waals surface area (Å²) < 4.78 is 0. The van der Waals surface area contributed by atoms with Gasteiger partial charge in [-0.05, 0) is 43.0 Å². The number of aryl methyl sites for hydroxylation is 2. The van der Waals surface area contributed by atoms with E-state index in [1.807, 2.05) is 50.4 Å². The van der Waals surface area contributed by atoms with Gasteiger partial charge < -0.3 is 15.6 Å². The highest BCUT2D eigenvalue weighted by Crippen LogP contribution is 2.19. The second-order valence-corrected chi connectivity index (χ2v) is 8.83. The van der Waals surface area contributed by atoms with Crippen LogP contribution in [0.3, 0.4) is 0 Å². The molecule has 0 unspecified atom stereocenters. The van der Waals surface area contributed by atoms with E-state index in [2.05, 4.69) is 37.6 Å². The number of piperazine rings is 1. The first-order chi connectivity index (χ1) is 16.0. The lowest BCUT2D eigenvalue weighted by Gasteiger charge is -2.33. The maximum absolute atomic E-state index is 12.5. The van der Waals surface area contributed by atoms with Gasteiger partial charge in [-0.25, -0.2) is 0 Å². The number of carbonyl (C=O) groups is 2. The molecular weight excluding hydrogens is 414 g/mol. The van der Waals surface area contributed by atoms with Crippen LogP contribution >= 0.6 is 0 Å². The van der Waals surface area contributed by atoms with Crippen LogP contribution in [0.4, 0.5) is 5.69 Å². The highest BCUT2D eigenvalue weighted by atomic mass is 16.2. The molecule has 0 spiro atoms. The molecule has 3 aromatic rings. The minimum Gasteiger partial charge on any atom is -0.361 e. The molecule has 33 heavy (non-hydrogen) atoms. The van der Waals surface area contributed by atoms with Gasteiger partial charge in [-0.15, -0.1) is 0 Å². The normalized spacial score (nSPS) is 15.0. The molecule has 3 N–H and O–H groups in total. The van der Waals surface area contributed by atoms with Gasteiger partial charge in [0.05, 0.1) is 13.1 Å². The third-order valence-electron chi connectivity index (χ3n) is 6.34. The van der Waals surface area contributed by atoms with Gasteiger partial charge in [0.25, 0.3) is 0 Å². The molecule has 174 valence electrons. The maximum atomic E-state index is 12.5. The summed E-state index contributed by atoms with van der Waals surface area (Å²) >= 11 is 0. The van der Waals surface area contributed by atoms with Crippen molar-refractivity contribution >= 4 is 28.4 Å². The van der Waals surface area contributed by atoms with Crippen LogP contribution in [-0.2, 0) is 16.0 Å². The van der Waals surface area contributed by atoms with Crippen molar-refractivity contribution in [2.45, 2.75) is 20.3 Å². The highest BCUT2D eigenvalue weighted by Gasteiger charge is 2.21. The quantitative estimate of drug-likeness (QED) is 0.496. The van der Waals surface area contributed by atoms with Gasteiger partial charge >= 0.3 is 0 Å². The smallest absolute Gasteiger partial charge is 0.238 e. The Hall–Kier alpha value is -3.16. The fourth-order valence-corrected chi connectivity index (χ4v) is 4.43. The van der Waals surface area contributed by atoms with Gasteiger partial charge in [0.1, 0.15) is 0 Å². The predicted octanol–water partition coefficient (Wildman–Crippen LogP) is 2.70. The van der Waals surface area contributed by atoms with E-state index >= 15 is 0 Å². The number of benzene rings is 2. The molecule has 0 bridgehead atoms. The summed E-state index contributed by atoms with van der Waals surface area (Å²) in [4.78, 5) is 32.5. The Morgan fingerprint density at radius 3 is 2.21 bits per heavy atom. The van der Waals surface area contributed by atoms with Crippen LogP contribution in [0.15, 0.2) is 48.7 Å². The summed E-state index contributed by atoms with van der Waals surface area (Å²) in [7, 11) is 0. The molecule has 0 aliphatic carbocycles. The first kappa shape index (κ1) is 23.0. The molecule has 2 heterocycles. The molecule has 2 aromatic carbocycles. The topological polar surface area (TPSA) is 80.5 Å². The highest BCUT2D eigenvalue weighted by molar-refractivity contribution is 5.93. The monoisotopic (exact) mass is 447 g/mol. The number of aromatic amines is 1. The first-order valence-corrected chi connectivity index (χ1v) is 11.6. The van der Waals surface area contributed by atoms with E-state index in [9.17, 15) is 9.59 Å². The van der Waals surface area contributed by atoms with Gasteiger partial charge in [0.15, 0.2) is 0 Å². The summed E-state index contributed by atoms with van der Waals surface area (Å²) in [5, 5.41) is 7.31. The summed E-state index contributed by atoms with van der Waals surface area (Å²) in [6.45, 7) is 8.54. The zero-order chi connectivity index (χ0) is 23.2. The largest absolute Gasteiger partial charge is 0.361 e. The van der Waals surface area contributed by atoms with Gasteiger partial charge in [-0.2, -0.15) is 0 Å². The van der Waals surface area contributed by atoms with Crippen LogP contribution in [0.2, 0.25) is 0 Å². The van der Waals surface area contributed by atoms with E-state index in [0.29, 0.717) is 19.6 Å². The molecule has 7 nitrogen and oxygen atoms in total. The number of amides is 2. The number of anilines is 1. The third kappa shape index (κ3) is 6.00. The molecule has 4 rings (SSSR count). The molecule has 1 saturated heterocycles. The zero-order valence-electron chi connectivity index (χ0n) is 19.5. The van der Waals surface area contributed by atoms with Crippen LogP contribution in [0.1, 0.15) is 16.7 Å². The number of carbonyl (C=O) groups excluding carboxylic acids is 2. The molecule has 2 amide bonds. The lowest BCUT2D eigenvalue weighted by molar-refractivity contribution is -0.123. The van der Waals surface area contributed by atoms with E-state index in [0.717, 1.165) is 54.9 Å². The Morgan fingerprint density at radius 2 is 1.52 bits per heavy atom. The molecule has 7 heteroatoms. The van der Waals surface area contributed by atoms with Crippen LogP contribution in [0, 0.1) is 13.8 Å². The van der Waals surface area contributed by atoms with Crippen molar-refractivity contribution in [2.24, 2.45) is 0 Å². The number of fused-ring (bicyclic) bond motifs is 1. The molecule has 1 aromatic heterocycles. The van der Waals surface area contributed by atoms with Crippen molar-refractivity contribution in [1.29, 1.82) is 0 Å². The van der Waals surface area contributed by atoms with Gasteiger partial charge in [0, 0.05) is 55.5 Å². The average Bonchev–Trinajstić information content (AvgIpc) is 3.21. The van der Waals surface area contributed by atoms with E-state index in [-0.39, 0.29) is 11.8 Å². The Labute approximate surface area is 195 Å². The second-order valence-electron chi connectivity index (χ2n) is 8.83. The number of nitrogens with one attached hydrogen (secondary N) is 3. The fourth-order valence-electron chi connectivity index (χ4n) is 4.43. The molecule has 1 aliphatic heterocycles. The number of hydrogen-bond acceptors (Lipinski definition) is 4. The number of rotatable bonds is 8. The van der Waals surface area contributed by atoms with Gasteiger partial charge in [-0.1, -0.05) is 36.4 Å². The summed E-state index contributed by atoms with van der Waals surface area (Å²) in [6, 6.07) is 14.2. The van der Waals surface area contributed by atoms with E-state index in [4.69, 9.17) is 0 Å². The average molecular weight is 448 g/mol. The minimum atomic E-state index is 0.0101. The van der Waals surface area contributed by atoms with Crippen molar-refractivity contribution in [3.63, 3.8) is 0 Å². The lowest BCUT2D eigenvalue weighted by atomic mass is 10.1. The van der Waals surface area contributed by atoms with Crippen molar-refractivity contribution in [3.05, 3.63) is 65.4 Å². The van der Waals surface area contributed by atoms with Crippen molar-refractivity contribution in [3.8, 4) is 0 Å². The molecule has 0 radical (unpaired) electrons. The maximum Gasteiger partial charge on any atom is 0.238 e. The predicted molar refractivity (Wildman–Crippen MR) is 132 cm³/mol. The number of hydrogen-bond donors (Lipinski definition) is 3. The summed E-state index contributed by atoms with van der Waals surface area (Å²) in [5.74, 6) is 0.0620. The van der Waals surface area contributed by atoms with Crippen molar-refractivity contribution in [2.75, 3.05) is 51.1 Å². The third-order valence-corrected chi connectivity index (χ3v) is 6.34. The fraction of sp³-hybridized carbons (Fsp3) is 0.385. The lowest BCUT2D eigenvalue weighted by Crippen LogP contribution is -2.51. The Morgan fingerprint density at radius 1 is 0.879 bits per heavy atom. The number of nitrogens with zero attached hydrogens (tertiary/aromatic N) is 2. The molecule has 1 fully saturated rings. The van der Waals surface area contributed by atoms with Gasteiger partial charge in [-0.3, -0.25) is 19.4 Å². The molecule has 1 aliphatic rings. The first-order valence-electron chi connectivity index (χ1n) is 11.6. The molecule has 0 saturated carbocycles. The summed E-state index contributed by atoms with van der Waals surface area (Å²) in [6.07, 6.45) is 2.83. The Bertz CT molecular complexity index is 1090. The van der Waals surface area contributed by atoms with Gasteiger partial charge in [0.2, 0.25) is 11.8 Å². The minimum absolute atomic E-state index is 0.0101. The van der Waals surface area contributed by atoms with Crippen molar-refractivity contribution < 1.29 is 9.59 Å². The van der Waals surface area contributed by atoms with Crippen LogP contribution in [0.25, 0.3) is 10.9 Å². The number of aromatic nitrogens is 1. The van der Waals surface area contributed by atoms with E-state index in [1.54, 1.807) is 0 Å². The molecule has 0 atom stereocenters. The standard InChI is InChI=1S/C26H33N5O2/c1-19-6-5-7-20(2)26(19)29-25(33)18-31-14-12-30(13-15-31)17-24(32)27-11-10-21-16-28-23-9-4-3-8-22(21)23/h3-9,16,28H,10-15,17-18H2,1-2H3,(H,27,32)(H,29,33). The molecular formula is C26H33N5O2. The van der Waals surface area contributed by atoms with Crippen LogP contribution in [-0.4, -0.2) is 72.4 Å². The van der Waals surface area contributed by atoms with E-state index in [1.165, 1.54) is 10.9 Å². The Balaban J connectivity index is 1.15. The second kappa shape index (κ2) is 10.6. The summed E-state index contributed by atoms with van der Waals surface area (Å²) in [5.41, 5.74) is 5.40. The zero-order valence-corrected chi connectivity index (χ0v) is 19.5. The Kier molecular flexibility index (Phi) is 7.42. The van der Waals surface area contributed by atoms with E-state index < -0.39 is 0 Å². The van der Waals surface area contributed by atoms with Crippen molar-refractivity contribution in [1.82, 2.24) is 20.1 Å². The van der Waals surface area contributed by atoms with Crippen LogP contribution in [0.5, 0.6) is 0 Å². The number of para-hydroxylation sites is 2. The van der Waals surface area contributed by atoms with Crippen LogP contribution < -0.4 is 10.6 Å². The SMILES string of the molecule is Cc1cccc(C)c1NC(=O)CN1CCN(CC(=O)NCCc2c[nH]c3ccccc23)CC1. The number of H-pyrrole nitrogens is 1.